The lowest BCUT2D eigenvalue weighted by molar-refractivity contribution is 0.449. The van der Waals surface area contributed by atoms with Gasteiger partial charge in [0, 0.05) is 17.6 Å². The van der Waals surface area contributed by atoms with E-state index < -0.39 is 17.5 Å². The number of aromatic nitrogens is 2. The lowest BCUT2D eigenvalue weighted by Gasteiger charge is -2.10. The third-order valence-electron chi connectivity index (χ3n) is 3.38. The summed E-state index contributed by atoms with van der Waals surface area (Å²) in [5.41, 5.74) is 0.651. The van der Waals surface area contributed by atoms with Crippen LogP contribution < -0.4 is 10.6 Å². The summed E-state index contributed by atoms with van der Waals surface area (Å²) in [5, 5.41) is 6.27. The molecule has 0 aliphatic carbocycles. The van der Waals surface area contributed by atoms with Crippen molar-refractivity contribution < 1.29 is 13.2 Å². The zero-order valence-electron chi connectivity index (χ0n) is 12.7. The molecule has 0 spiro atoms. The van der Waals surface area contributed by atoms with Crippen molar-refractivity contribution in [2.24, 2.45) is 0 Å². The van der Waals surface area contributed by atoms with E-state index in [9.17, 15) is 13.2 Å². The Labute approximate surface area is 146 Å². The molecule has 0 aliphatic heterocycles. The molecule has 1 aromatic heterocycles. The van der Waals surface area contributed by atoms with Crippen LogP contribution in [0, 0.1) is 17.5 Å². The number of nitrogens with one attached hydrogen (secondary N) is 2. The van der Waals surface area contributed by atoms with Crippen LogP contribution in [0.2, 0.25) is 5.02 Å². The number of nitrogens with zero attached hydrogens (tertiary/aromatic N) is 2. The lowest BCUT2D eigenvalue weighted by atomic mass is 10.2. The molecule has 0 saturated carbocycles. The van der Waals surface area contributed by atoms with Crippen molar-refractivity contribution in [3.8, 4) is 0 Å². The third kappa shape index (κ3) is 4.00. The van der Waals surface area contributed by atoms with Gasteiger partial charge in [-0.25, -0.2) is 23.1 Å². The van der Waals surface area contributed by atoms with Crippen molar-refractivity contribution in [1.29, 1.82) is 0 Å². The van der Waals surface area contributed by atoms with Crippen LogP contribution in [0.4, 0.5) is 30.5 Å². The molecule has 0 bridgehead atoms. The van der Waals surface area contributed by atoms with Gasteiger partial charge in [-0.1, -0.05) is 29.8 Å². The second-order valence-electron chi connectivity index (χ2n) is 5.08. The monoisotopic (exact) mass is 364 g/mol. The number of halogens is 4. The standard InChI is InChI=1S/C17H12ClF3N4/c18-11-4-2-1-3-10(11)8-22-14-7-15(24-9-23-14)25-13-6-5-12(19)16(20)17(13)21/h1-7,9H,8H2,(H2,22,23,24,25). The Morgan fingerprint density at radius 2 is 1.68 bits per heavy atom. The van der Waals surface area contributed by atoms with Crippen LogP contribution in [0.15, 0.2) is 48.8 Å². The minimum Gasteiger partial charge on any atom is -0.366 e. The molecule has 25 heavy (non-hydrogen) atoms. The smallest absolute Gasteiger partial charge is 0.196 e. The Hall–Kier alpha value is -2.80. The Bertz CT molecular complexity index is 905. The number of benzene rings is 2. The van der Waals surface area contributed by atoms with E-state index in [0.717, 1.165) is 17.7 Å². The number of hydrogen-bond acceptors (Lipinski definition) is 4. The molecule has 4 nitrogen and oxygen atoms in total. The minimum atomic E-state index is -1.55. The van der Waals surface area contributed by atoms with Crippen molar-refractivity contribution in [2.75, 3.05) is 10.6 Å². The quantitative estimate of drug-likeness (QED) is 0.632. The molecule has 1 heterocycles. The van der Waals surface area contributed by atoms with Crippen LogP contribution >= 0.6 is 11.6 Å². The van der Waals surface area contributed by atoms with Crippen molar-refractivity contribution >= 4 is 28.9 Å². The molecule has 0 radical (unpaired) electrons. The second-order valence-corrected chi connectivity index (χ2v) is 5.49. The SMILES string of the molecule is Fc1ccc(Nc2cc(NCc3ccccc3Cl)ncn2)c(F)c1F. The van der Waals surface area contributed by atoms with Crippen molar-refractivity contribution in [1.82, 2.24) is 9.97 Å². The fraction of sp³-hybridized carbons (Fsp3) is 0.0588. The molecule has 128 valence electrons. The third-order valence-corrected chi connectivity index (χ3v) is 3.75. The first-order valence-corrected chi connectivity index (χ1v) is 7.62. The zero-order chi connectivity index (χ0) is 17.8. The van der Waals surface area contributed by atoms with E-state index in [1.54, 1.807) is 6.07 Å². The van der Waals surface area contributed by atoms with E-state index in [-0.39, 0.29) is 11.5 Å². The van der Waals surface area contributed by atoms with Crippen LogP contribution in [0.5, 0.6) is 0 Å². The first-order valence-electron chi connectivity index (χ1n) is 7.24. The number of rotatable bonds is 5. The summed E-state index contributed by atoms with van der Waals surface area (Å²) < 4.78 is 40.0. The van der Waals surface area contributed by atoms with Crippen molar-refractivity contribution in [3.05, 3.63) is 76.8 Å². The molecule has 3 aromatic rings. The molecule has 0 saturated heterocycles. The molecule has 0 fully saturated rings. The van der Waals surface area contributed by atoms with Crippen LogP contribution in [-0.4, -0.2) is 9.97 Å². The molecule has 8 heteroatoms. The largest absolute Gasteiger partial charge is 0.366 e. The van der Waals surface area contributed by atoms with Crippen LogP contribution in [0.3, 0.4) is 0 Å². The summed E-state index contributed by atoms with van der Waals surface area (Å²) in [4.78, 5) is 7.98. The van der Waals surface area contributed by atoms with Gasteiger partial charge in [-0.3, -0.25) is 0 Å². The fourth-order valence-corrected chi connectivity index (χ4v) is 2.31. The maximum Gasteiger partial charge on any atom is 0.196 e. The van der Waals surface area contributed by atoms with E-state index >= 15 is 0 Å². The van der Waals surface area contributed by atoms with Gasteiger partial charge in [-0.2, -0.15) is 0 Å². The Morgan fingerprint density at radius 3 is 2.48 bits per heavy atom. The van der Waals surface area contributed by atoms with Gasteiger partial charge in [-0.15, -0.1) is 0 Å². The highest BCUT2D eigenvalue weighted by molar-refractivity contribution is 6.31. The predicted octanol–water partition coefficient (Wildman–Crippen LogP) is 4.90. The summed E-state index contributed by atoms with van der Waals surface area (Å²) in [7, 11) is 0. The van der Waals surface area contributed by atoms with Gasteiger partial charge >= 0.3 is 0 Å². The van der Waals surface area contributed by atoms with Gasteiger partial charge in [0.15, 0.2) is 17.5 Å². The summed E-state index contributed by atoms with van der Waals surface area (Å²) in [6, 6.07) is 10.8. The normalized spacial score (nSPS) is 10.6. The number of hydrogen-bond donors (Lipinski definition) is 2. The summed E-state index contributed by atoms with van der Waals surface area (Å²) >= 11 is 6.08. The molecular formula is C17H12ClF3N4. The first kappa shape index (κ1) is 17.0. The van der Waals surface area contributed by atoms with Gasteiger partial charge in [0.05, 0.1) is 5.69 Å². The fourth-order valence-electron chi connectivity index (χ4n) is 2.11. The highest BCUT2D eigenvalue weighted by Crippen LogP contribution is 2.23. The molecule has 3 rings (SSSR count). The molecule has 2 N–H and O–H groups in total. The second kappa shape index (κ2) is 7.40. The molecule has 0 atom stereocenters. The van der Waals surface area contributed by atoms with Crippen LogP contribution in [0.25, 0.3) is 0 Å². The molecular weight excluding hydrogens is 353 g/mol. The summed E-state index contributed by atoms with van der Waals surface area (Å²) in [6.07, 6.45) is 1.26. The van der Waals surface area contributed by atoms with Gasteiger partial charge < -0.3 is 10.6 Å². The molecule has 2 aromatic carbocycles. The molecule has 0 amide bonds. The summed E-state index contributed by atoms with van der Waals surface area (Å²) in [6.45, 7) is 0.426. The van der Waals surface area contributed by atoms with E-state index in [1.807, 2.05) is 18.2 Å². The summed E-state index contributed by atoms with van der Waals surface area (Å²) in [5.74, 6) is -3.44. The number of anilines is 3. The van der Waals surface area contributed by atoms with Gasteiger partial charge in [0.1, 0.15) is 18.0 Å². The van der Waals surface area contributed by atoms with Gasteiger partial charge in [-0.05, 0) is 23.8 Å². The van der Waals surface area contributed by atoms with E-state index in [4.69, 9.17) is 11.6 Å². The average Bonchev–Trinajstić information content (AvgIpc) is 2.62. The van der Waals surface area contributed by atoms with Gasteiger partial charge in [0.2, 0.25) is 0 Å². The van der Waals surface area contributed by atoms with Crippen molar-refractivity contribution in [3.63, 3.8) is 0 Å². The van der Waals surface area contributed by atoms with Crippen molar-refractivity contribution in [2.45, 2.75) is 6.54 Å². The Kier molecular flexibility index (Phi) is 5.04. The minimum absolute atomic E-state index is 0.224. The Balaban J connectivity index is 1.74. The highest BCUT2D eigenvalue weighted by Gasteiger charge is 2.14. The first-order chi connectivity index (χ1) is 12.0. The average molecular weight is 365 g/mol. The molecule has 0 unspecified atom stereocenters. The van der Waals surface area contributed by atoms with E-state index in [1.165, 1.54) is 12.4 Å². The van der Waals surface area contributed by atoms with Crippen LogP contribution in [0.1, 0.15) is 5.56 Å². The van der Waals surface area contributed by atoms with Crippen LogP contribution in [-0.2, 0) is 6.54 Å². The lowest BCUT2D eigenvalue weighted by Crippen LogP contribution is -2.04. The topological polar surface area (TPSA) is 49.8 Å². The van der Waals surface area contributed by atoms with Gasteiger partial charge in [0.25, 0.3) is 0 Å². The predicted molar refractivity (Wildman–Crippen MR) is 90.4 cm³/mol. The highest BCUT2D eigenvalue weighted by atomic mass is 35.5. The zero-order valence-corrected chi connectivity index (χ0v) is 13.5. The van der Waals surface area contributed by atoms with E-state index in [2.05, 4.69) is 20.6 Å². The van der Waals surface area contributed by atoms with E-state index in [0.29, 0.717) is 17.4 Å². The Morgan fingerprint density at radius 1 is 0.920 bits per heavy atom. The molecule has 0 aliphatic rings. The maximum atomic E-state index is 13.7. The maximum absolute atomic E-state index is 13.7.